The lowest BCUT2D eigenvalue weighted by molar-refractivity contribution is -0.118. The molecular weight excluding hydrogens is 394 g/mol. The molecule has 0 fully saturated rings. The van der Waals surface area contributed by atoms with Gasteiger partial charge in [-0.05, 0) is 49.8 Å². The van der Waals surface area contributed by atoms with Gasteiger partial charge in [-0.25, -0.2) is 0 Å². The van der Waals surface area contributed by atoms with Gasteiger partial charge in [0.2, 0.25) is 0 Å². The van der Waals surface area contributed by atoms with Crippen LogP contribution in [-0.4, -0.2) is 34.7 Å². The number of nitrogens with zero attached hydrogens (tertiary/aromatic N) is 2. The summed E-state index contributed by atoms with van der Waals surface area (Å²) in [6, 6.07) is 12.8. The molecule has 0 aliphatic rings. The maximum atomic E-state index is 12.2. The Balaban J connectivity index is 1.64. The molecule has 0 radical (unpaired) electrons. The Hall–Kier alpha value is -3.87. The Morgan fingerprint density at radius 2 is 1.87 bits per heavy atom. The monoisotopic (exact) mass is 419 g/mol. The van der Waals surface area contributed by atoms with E-state index in [1.807, 2.05) is 38.1 Å². The Labute approximate surface area is 181 Å². The molecule has 31 heavy (non-hydrogen) atoms. The number of hydrogen-bond donors (Lipinski definition) is 1. The van der Waals surface area contributed by atoms with Crippen molar-refractivity contribution in [3.63, 3.8) is 0 Å². The minimum absolute atomic E-state index is 0.140. The van der Waals surface area contributed by atoms with E-state index in [-0.39, 0.29) is 18.3 Å². The number of anilines is 1. The molecule has 0 saturated carbocycles. The zero-order valence-corrected chi connectivity index (χ0v) is 17.8. The third-order valence-corrected chi connectivity index (χ3v) is 4.38. The fourth-order valence-electron chi connectivity index (χ4n) is 2.81. The highest BCUT2D eigenvalue weighted by Gasteiger charge is 2.10. The lowest BCUT2D eigenvalue weighted by Crippen LogP contribution is -2.20. The third-order valence-electron chi connectivity index (χ3n) is 4.38. The molecule has 3 rings (SSSR count). The molecule has 0 unspecified atom stereocenters. The zero-order valence-electron chi connectivity index (χ0n) is 17.8. The highest BCUT2D eigenvalue weighted by Crippen LogP contribution is 2.29. The van der Waals surface area contributed by atoms with Crippen molar-refractivity contribution in [1.29, 1.82) is 0 Å². The van der Waals surface area contributed by atoms with E-state index in [1.54, 1.807) is 42.2 Å². The van der Waals surface area contributed by atoms with Crippen molar-refractivity contribution < 1.29 is 19.1 Å². The predicted octanol–water partition coefficient (Wildman–Crippen LogP) is 4.04. The fraction of sp³-hybridized carbons (Fsp3) is 0.208. The maximum absolute atomic E-state index is 12.2. The maximum Gasteiger partial charge on any atom is 0.262 e. The quantitative estimate of drug-likeness (QED) is 0.418. The molecule has 7 heteroatoms. The Morgan fingerprint density at radius 1 is 1.10 bits per heavy atom. The van der Waals surface area contributed by atoms with Gasteiger partial charge in [0.15, 0.2) is 23.9 Å². The van der Waals surface area contributed by atoms with E-state index < -0.39 is 0 Å². The van der Waals surface area contributed by atoms with Gasteiger partial charge in [0.25, 0.3) is 5.91 Å². The van der Waals surface area contributed by atoms with Crippen LogP contribution in [0.25, 0.3) is 6.08 Å². The molecule has 0 aliphatic carbocycles. The first-order valence-electron chi connectivity index (χ1n) is 9.92. The van der Waals surface area contributed by atoms with Crippen molar-refractivity contribution >= 4 is 23.5 Å². The second-order valence-electron chi connectivity index (χ2n) is 6.94. The number of aromatic nitrogens is 2. The number of aryl methyl sites for hydroxylation is 2. The minimum Gasteiger partial charge on any atom is -0.490 e. The van der Waals surface area contributed by atoms with Crippen LogP contribution in [0.4, 0.5) is 5.69 Å². The van der Waals surface area contributed by atoms with Crippen LogP contribution in [0.3, 0.4) is 0 Å². The van der Waals surface area contributed by atoms with Crippen LogP contribution in [0.5, 0.6) is 11.5 Å². The molecule has 7 nitrogen and oxygen atoms in total. The first-order chi connectivity index (χ1) is 14.9. The molecule has 1 heterocycles. The summed E-state index contributed by atoms with van der Waals surface area (Å²) in [4.78, 5) is 24.4. The van der Waals surface area contributed by atoms with Gasteiger partial charge in [0.05, 0.1) is 18.4 Å². The van der Waals surface area contributed by atoms with Crippen molar-refractivity contribution in [3.8, 4) is 11.5 Å². The van der Waals surface area contributed by atoms with Crippen molar-refractivity contribution in [2.45, 2.75) is 13.8 Å². The summed E-state index contributed by atoms with van der Waals surface area (Å²) in [5.74, 6) is 0.551. The van der Waals surface area contributed by atoms with Crippen LogP contribution < -0.4 is 14.8 Å². The van der Waals surface area contributed by atoms with Gasteiger partial charge in [-0.15, -0.1) is 0 Å². The largest absolute Gasteiger partial charge is 0.490 e. The van der Waals surface area contributed by atoms with E-state index in [9.17, 15) is 9.59 Å². The number of hydrogen-bond acceptors (Lipinski definition) is 5. The summed E-state index contributed by atoms with van der Waals surface area (Å²) in [6.07, 6.45) is 6.37. The SMILES string of the molecule is CCOc1cc(/C=C/C(=O)c2cnn(C)c2)ccc1OCC(=O)Nc1ccc(C)cc1. The number of ether oxygens (including phenoxy) is 2. The molecular formula is C24H25N3O4. The average Bonchev–Trinajstić information content (AvgIpc) is 3.19. The van der Waals surface area contributed by atoms with Crippen molar-refractivity contribution in [3.05, 3.63) is 77.6 Å². The normalized spacial score (nSPS) is 10.8. The van der Waals surface area contributed by atoms with Crippen LogP contribution >= 0.6 is 0 Å². The zero-order chi connectivity index (χ0) is 22.2. The van der Waals surface area contributed by atoms with Crippen LogP contribution in [0.1, 0.15) is 28.4 Å². The first kappa shape index (κ1) is 21.8. The Morgan fingerprint density at radius 3 is 2.55 bits per heavy atom. The second kappa shape index (κ2) is 10.2. The minimum atomic E-state index is -0.266. The van der Waals surface area contributed by atoms with E-state index in [1.165, 1.54) is 12.3 Å². The van der Waals surface area contributed by atoms with Gasteiger partial charge in [-0.1, -0.05) is 29.8 Å². The summed E-state index contributed by atoms with van der Waals surface area (Å²) in [5, 5.41) is 6.79. The molecule has 160 valence electrons. The molecule has 0 aliphatic heterocycles. The molecule has 0 saturated heterocycles. The van der Waals surface area contributed by atoms with Crippen LogP contribution in [0.15, 0.2) is 60.9 Å². The standard InChI is InChI=1S/C24H25N3O4/c1-4-30-23-13-18(7-11-21(28)19-14-25-27(3)15-19)8-12-22(23)31-16-24(29)26-20-9-5-17(2)6-10-20/h5-15H,4,16H2,1-3H3,(H,26,29)/b11-7+. The Kier molecular flexibility index (Phi) is 7.22. The third kappa shape index (κ3) is 6.30. The number of nitrogens with one attached hydrogen (secondary N) is 1. The average molecular weight is 419 g/mol. The molecule has 0 atom stereocenters. The van der Waals surface area contributed by atoms with E-state index in [4.69, 9.17) is 9.47 Å². The van der Waals surface area contributed by atoms with E-state index in [0.717, 1.165) is 11.1 Å². The van der Waals surface area contributed by atoms with Gasteiger partial charge >= 0.3 is 0 Å². The molecule has 1 amide bonds. The smallest absolute Gasteiger partial charge is 0.262 e. The summed E-state index contributed by atoms with van der Waals surface area (Å²) in [7, 11) is 1.76. The predicted molar refractivity (Wildman–Crippen MR) is 119 cm³/mol. The number of allylic oxidation sites excluding steroid dienone is 1. The lowest BCUT2D eigenvalue weighted by atomic mass is 10.1. The number of benzene rings is 2. The highest BCUT2D eigenvalue weighted by atomic mass is 16.5. The van der Waals surface area contributed by atoms with Gasteiger partial charge in [0.1, 0.15) is 0 Å². The van der Waals surface area contributed by atoms with Crippen molar-refractivity contribution in [2.75, 3.05) is 18.5 Å². The number of rotatable bonds is 9. The topological polar surface area (TPSA) is 82.4 Å². The van der Waals surface area contributed by atoms with E-state index >= 15 is 0 Å². The summed E-state index contributed by atoms with van der Waals surface area (Å²) in [5.41, 5.74) is 3.12. The van der Waals surface area contributed by atoms with Crippen LogP contribution in [-0.2, 0) is 11.8 Å². The van der Waals surface area contributed by atoms with Gasteiger partial charge in [-0.2, -0.15) is 5.10 Å². The van der Waals surface area contributed by atoms with E-state index in [0.29, 0.717) is 29.4 Å². The number of amides is 1. The molecule has 2 aromatic carbocycles. The Bertz CT molecular complexity index is 1080. The van der Waals surface area contributed by atoms with Crippen molar-refractivity contribution in [2.24, 2.45) is 7.05 Å². The molecule has 3 aromatic rings. The summed E-state index contributed by atoms with van der Waals surface area (Å²) < 4.78 is 12.9. The van der Waals surface area contributed by atoms with Crippen molar-refractivity contribution in [1.82, 2.24) is 9.78 Å². The second-order valence-corrected chi connectivity index (χ2v) is 6.94. The van der Waals surface area contributed by atoms with Gasteiger partial charge in [0, 0.05) is 18.9 Å². The van der Waals surface area contributed by atoms with Crippen LogP contribution in [0.2, 0.25) is 0 Å². The number of carbonyl (C=O) groups excluding carboxylic acids is 2. The molecule has 0 bridgehead atoms. The molecule has 1 N–H and O–H groups in total. The molecule has 0 spiro atoms. The van der Waals surface area contributed by atoms with E-state index in [2.05, 4.69) is 10.4 Å². The number of carbonyl (C=O) groups is 2. The number of ketones is 1. The van der Waals surface area contributed by atoms with Gasteiger partial charge < -0.3 is 14.8 Å². The summed E-state index contributed by atoms with van der Waals surface area (Å²) in [6.45, 7) is 4.14. The molecule has 1 aromatic heterocycles. The van der Waals surface area contributed by atoms with Gasteiger partial charge in [-0.3, -0.25) is 14.3 Å². The fourth-order valence-corrected chi connectivity index (χ4v) is 2.81. The lowest BCUT2D eigenvalue weighted by Gasteiger charge is -2.13. The highest BCUT2D eigenvalue weighted by molar-refractivity contribution is 6.06. The van der Waals surface area contributed by atoms with Crippen LogP contribution in [0, 0.1) is 6.92 Å². The summed E-state index contributed by atoms with van der Waals surface area (Å²) >= 11 is 0. The first-order valence-corrected chi connectivity index (χ1v) is 9.92.